The first-order chi connectivity index (χ1) is 13.0. The number of hydrogen-bond acceptors (Lipinski definition) is 6. The van der Waals surface area contributed by atoms with E-state index in [1.165, 1.54) is 17.0 Å². The number of carbonyl (C=O) groups is 2. The Hall–Kier alpha value is -3.13. The molecular weight excluding hydrogens is 368 g/mol. The van der Waals surface area contributed by atoms with E-state index in [0.717, 1.165) is 17.3 Å². The average Bonchev–Trinajstić information content (AvgIpc) is 2.94. The molecule has 1 heterocycles. The fourth-order valence-electron chi connectivity index (χ4n) is 2.52. The Kier molecular flexibility index (Phi) is 5.56. The smallest absolute Gasteiger partial charge is 0.293 e. The number of amides is 2. The molecule has 1 saturated heterocycles. The maximum atomic E-state index is 12.2. The van der Waals surface area contributed by atoms with E-state index in [4.69, 9.17) is 4.74 Å². The van der Waals surface area contributed by atoms with E-state index in [2.05, 4.69) is 0 Å². The third-order valence-electron chi connectivity index (χ3n) is 3.94. The summed E-state index contributed by atoms with van der Waals surface area (Å²) in [5.74, 6) is 0.247. The fourth-order valence-corrected chi connectivity index (χ4v) is 3.41. The van der Waals surface area contributed by atoms with Gasteiger partial charge in [-0.2, -0.15) is 0 Å². The van der Waals surface area contributed by atoms with Crippen LogP contribution in [0.2, 0.25) is 0 Å². The summed E-state index contributed by atoms with van der Waals surface area (Å²) in [5, 5.41) is 10.4. The highest BCUT2D eigenvalue weighted by Gasteiger charge is 2.33. The van der Waals surface area contributed by atoms with Crippen LogP contribution in [0.5, 0.6) is 5.75 Å². The molecule has 7 nitrogen and oxygen atoms in total. The Morgan fingerprint density at radius 1 is 1.15 bits per heavy atom. The number of hydrogen-bond donors (Lipinski definition) is 0. The van der Waals surface area contributed by atoms with Crippen molar-refractivity contribution in [2.75, 3.05) is 6.54 Å². The van der Waals surface area contributed by atoms with Gasteiger partial charge in [0.1, 0.15) is 12.4 Å². The normalized spacial score (nSPS) is 15.4. The van der Waals surface area contributed by atoms with Crippen LogP contribution in [0.3, 0.4) is 0 Å². The molecule has 0 atom stereocenters. The SMILES string of the molecule is CCN1C(=O)S/C(=C/c2ccccc2OCc2ccc([N+](=O)[O-])cc2)C1=O. The predicted molar refractivity (Wildman–Crippen MR) is 102 cm³/mol. The van der Waals surface area contributed by atoms with Crippen LogP contribution >= 0.6 is 11.8 Å². The molecule has 0 aromatic heterocycles. The highest BCUT2D eigenvalue weighted by Crippen LogP contribution is 2.33. The number of non-ortho nitro benzene ring substituents is 1. The molecule has 27 heavy (non-hydrogen) atoms. The molecule has 0 N–H and O–H groups in total. The molecule has 0 bridgehead atoms. The molecule has 3 rings (SSSR count). The Morgan fingerprint density at radius 2 is 1.85 bits per heavy atom. The largest absolute Gasteiger partial charge is 0.488 e. The van der Waals surface area contributed by atoms with Crippen molar-refractivity contribution in [2.45, 2.75) is 13.5 Å². The van der Waals surface area contributed by atoms with Crippen molar-refractivity contribution in [3.63, 3.8) is 0 Å². The lowest BCUT2D eigenvalue weighted by molar-refractivity contribution is -0.384. The average molecular weight is 384 g/mol. The first-order valence-electron chi connectivity index (χ1n) is 8.20. The highest BCUT2D eigenvalue weighted by molar-refractivity contribution is 8.18. The monoisotopic (exact) mass is 384 g/mol. The lowest BCUT2D eigenvalue weighted by Crippen LogP contribution is -2.27. The van der Waals surface area contributed by atoms with E-state index < -0.39 is 4.92 Å². The van der Waals surface area contributed by atoms with Gasteiger partial charge in [0, 0.05) is 24.2 Å². The summed E-state index contributed by atoms with van der Waals surface area (Å²) in [5.41, 5.74) is 1.48. The molecular formula is C19H16N2O5S. The van der Waals surface area contributed by atoms with E-state index in [0.29, 0.717) is 22.8 Å². The van der Waals surface area contributed by atoms with Crippen molar-refractivity contribution in [3.05, 3.63) is 74.7 Å². The Bertz CT molecular complexity index is 924. The number of benzene rings is 2. The first-order valence-corrected chi connectivity index (χ1v) is 9.01. The second kappa shape index (κ2) is 8.05. The molecule has 1 aliphatic rings. The highest BCUT2D eigenvalue weighted by atomic mass is 32.2. The summed E-state index contributed by atoms with van der Waals surface area (Å²) in [6.45, 7) is 2.31. The second-order valence-corrected chi connectivity index (χ2v) is 6.67. The molecule has 0 spiro atoms. The Labute approximate surface area is 159 Å². The van der Waals surface area contributed by atoms with Gasteiger partial charge in [0.15, 0.2) is 0 Å². The van der Waals surface area contributed by atoms with Crippen molar-refractivity contribution in [3.8, 4) is 5.75 Å². The summed E-state index contributed by atoms with van der Waals surface area (Å²) in [6, 6.07) is 13.3. The van der Waals surface area contributed by atoms with Crippen LogP contribution in [0.4, 0.5) is 10.5 Å². The zero-order chi connectivity index (χ0) is 19.4. The van der Waals surface area contributed by atoms with Crippen LogP contribution in [-0.2, 0) is 11.4 Å². The van der Waals surface area contributed by atoms with E-state index in [1.807, 2.05) is 6.07 Å². The van der Waals surface area contributed by atoms with E-state index in [1.54, 1.807) is 43.3 Å². The van der Waals surface area contributed by atoms with Crippen molar-refractivity contribution in [1.29, 1.82) is 0 Å². The number of carbonyl (C=O) groups excluding carboxylic acids is 2. The van der Waals surface area contributed by atoms with Crippen LogP contribution in [-0.4, -0.2) is 27.5 Å². The maximum absolute atomic E-state index is 12.2. The minimum atomic E-state index is -0.455. The molecule has 1 fully saturated rings. The van der Waals surface area contributed by atoms with Gasteiger partial charge >= 0.3 is 0 Å². The molecule has 2 aromatic carbocycles. The quantitative estimate of drug-likeness (QED) is 0.421. The van der Waals surface area contributed by atoms with Crippen LogP contribution in [0.25, 0.3) is 6.08 Å². The molecule has 138 valence electrons. The minimum Gasteiger partial charge on any atom is -0.488 e. The van der Waals surface area contributed by atoms with Crippen LogP contribution in [0, 0.1) is 10.1 Å². The third kappa shape index (κ3) is 4.17. The van der Waals surface area contributed by atoms with Crippen molar-refractivity contribution >= 4 is 34.7 Å². The fraction of sp³-hybridized carbons (Fsp3) is 0.158. The molecule has 0 aliphatic carbocycles. The summed E-state index contributed by atoms with van der Waals surface area (Å²) in [4.78, 5) is 35.9. The molecule has 0 radical (unpaired) electrons. The molecule has 8 heteroatoms. The van der Waals surface area contributed by atoms with Gasteiger partial charge in [0.05, 0.1) is 9.83 Å². The van der Waals surface area contributed by atoms with Gasteiger partial charge in [-0.15, -0.1) is 0 Å². The maximum Gasteiger partial charge on any atom is 0.293 e. The number of ether oxygens (including phenoxy) is 1. The zero-order valence-corrected chi connectivity index (χ0v) is 15.3. The molecule has 0 unspecified atom stereocenters. The van der Waals surface area contributed by atoms with Crippen molar-refractivity contribution < 1.29 is 19.2 Å². The van der Waals surface area contributed by atoms with Gasteiger partial charge in [-0.3, -0.25) is 24.6 Å². The Balaban J connectivity index is 1.76. The standard InChI is InChI=1S/C19H16N2O5S/c1-2-20-18(22)17(27-19(20)23)11-14-5-3-4-6-16(14)26-12-13-7-9-15(10-8-13)21(24)25/h3-11H,2,12H2,1H3/b17-11+. The van der Waals surface area contributed by atoms with Crippen LogP contribution < -0.4 is 4.74 Å². The number of nitrogens with zero attached hydrogens (tertiary/aromatic N) is 2. The minimum absolute atomic E-state index is 0.0193. The third-order valence-corrected chi connectivity index (χ3v) is 4.84. The van der Waals surface area contributed by atoms with Gasteiger partial charge in [0.2, 0.25) is 0 Å². The number of thioether (sulfide) groups is 1. The van der Waals surface area contributed by atoms with E-state index in [9.17, 15) is 19.7 Å². The van der Waals surface area contributed by atoms with Crippen LogP contribution in [0.1, 0.15) is 18.1 Å². The lowest BCUT2D eigenvalue weighted by atomic mass is 10.1. The molecule has 2 amide bonds. The molecule has 1 aliphatic heterocycles. The lowest BCUT2D eigenvalue weighted by Gasteiger charge is -2.10. The van der Waals surface area contributed by atoms with Crippen LogP contribution in [0.15, 0.2) is 53.4 Å². The number of para-hydroxylation sites is 1. The number of nitro groups is 1. The molecule has 2 aromatic rings. The van der Waals surface area contributed by atoms with Gasteiger partial charge < -0.3 is 4.74 Å². The summed E-state index contributed by atoms with van der Waals surface area (Å²) in [7, 11) is 0. The van der Waals surface area contributed by atoms with E-state index in [-0.39, 0.29) is 23.4 Å². The van der Waals surface area contributed by atoms with Gasteiger partial charge in [0.25, 0.3) is 16.8 Å². The second-order valence-electron chi connectivity index (χ2n) is 5.68. The molecule has 0 saturated carbocycles. The first kappa shape index (κ1) is 18.7. The summed E-state index contributed by atoms with van der Waals surface area (Å²) < 4.78 is 5.82. The van der Waals surface area contributed by atoms with Crippen molar-refractivity contribution in [2.24, 2.45) is 0 Å². The van der Waals surface area contributed by atoms with Gasteiger partial charge in [-0.1, -0.05) is 18.2 Å². The zero-order valence-electron chi connectivity index (χ0n) is 14.5. The summed E-state index contributed by atoms with van der Waals surface area (Å²) >= 11 is 0.908. The number of likely N-dealkylation sites (N-methyl/N-ethyl adjacent to an activating group) is 1. The predicted octanol–water partition coefficient (Wildman–Crippen LogP) is 4.23. The number of imide groups is 1. The van der Waals surface area contributed by atoms with E-state index >= 15 is 0 Å². The number of nitro benzene ring substituents is 1. The topological polar surface area (TPSA) is 89.8 Å². The van der Waals surface area contributed by atoms with Gasteiger partial charge in [-0.25, -0.2) is 0 Å². The number of rotatable bonds is 6. The van der Waals surface area contributed by atoms with Gasteiger partial charge in [-0.05, 0) is 48.5 Å². The Morgan fingerprint density at radius 3 is 2.48 bits per heavy atom. The summed E-state index contributed by atoms with van der Waals surface area (Å²) in [6.07, 6.45) is 1.64. The van der Waals surface area contributed by atoms with Crippen molar-refractivity contribution in [1.82, 2.24) is 4.90 Å².